The maximum absolute atomic E-state index is 5.87. The van der Waals surface area contributed by atoms with Crippen molar-refractivity contribution in [1.29, 1.82) is 0 Å². The number of unbranched alkanes of at least 4 members (excludes halogenated alkanes) is 3. The van der Waals surface area contributed by atoms with Crippen LogP contribution in [0.4, 0.5) is 0 Å². The molecular formula is C18H24N2O. The summed E-state index contributed by atoms with van der Waals surface area (Å²) < 4.78 is 5.87. The highest BCUT2D eigenvalue weighted by atomic mass is 16.4. The van der Waals surface area contributed by atoms with Gasteiger partial charge in [0.15, 0.2) is 0 Å². The Morgan fingerprint density at radius 3 is 2.52 bits per heavy atom. The second kappa shape index (κ2) is 8.40. The summed E-state index contributed by atoms with van der Waals surface area (Å²) in [6.07, 6.45) is 9.09. The average molecular weight is 284 g/mol. The Bertz CT molecular complexity index is 558. The molecular weight excluding hydrogens is 260 g/mol. The Morgan fingerprint density at radius 1 is 1.05 bits per heavy atom. The Hall–Kier alpha value is -1.90. The lowest BCUT2D eigenvalue weighted by Crippen LogP contribution is -1.86. The Balaban J connectivity index is 2.16. The van der Waals surface area contributed by atoms with Crippen molar-refractivity contribution in [1.82, 2.24) is 10.2 Å². The van der Waals surface area contributed by atoms with Crippen LogP contribution in [0.1, 0.15) is 58.3 Å². The van der Waals surface area contributed by atoms with E-state index in [0.29, 0.717) is 11.8 Å². The third-order valence-corrected chi connectivity index (χ3v) is 3.47. The van der Waals surface area contributed by atoms with Crippen LogP contribution in [0.15, 0.2) is 40.8 Å². The van der Waals surface area contributed by atoms with Crippen LogP contribution in [-0.4, -0.2) is 10.2 Å². The summed E-state index contributed by atoms with van der Waals surface area (Å²) in [7, 11) is 0. The van der Waals surface area contributed by atoms with Crippen LogP contribution in [0.5, 0.6) is 0 Å². The third kappa shape index (κ3) is 4.55. The number of allylic oxidation sites excluding steroid dienone is 2. The number of aromatic nitrogens is 2. The zero-order valence-electron chi connectivity index (χ0n) is 13.0. The van der Waals surface area contributed by atoms with Gasteiger partial charge < -0.3 is 4.42 Å². The van der Waals surface area contributed by atoms with Crippen LogP contribution in [-0.2, 0) is 0 Å². The van der Waals surface area contributed by atoms with Crippen LogP contribution in [0.25, 0.3) is 17.0 Å². The van der Waals surface area contributed by atoms with Crippen molar-refractivity contribution in [3.05, 3.63) is 42.3 Å². The fraction of sp³-hybridized carbons (Fsp3) is 0.444. The summed E-state index contributed by atoms with van der Waals surface area (Å²) in [4.78, 5) is 0. The van der Waals surface area contributed by atoms with Crippen molar-refractivity contribution in [2.75, 3.05) is 0 Å². The molecule has 21 heavy (non-hydrogen) atoms. The molecule has 3 heteroatoms. The van der Waals surface area contributed by atoms with Gasteiger partial charge in [0, 0.05) is 11.1 Å². The smallest absolute Gasteiger partial charge is 0.248 e. The molecule has 0 aliphatic rings. The van der Waals surface area contributed by atoms with Gasteiger partial charge in [0.25, 0.3) is 0 Å². The first-order valence-corrected chi connectivity index (χ1v) is 7.93. The van der Waals surface area contributed by atoms with Gasteiger partial charge in [-0.15, -0.1) is 10.2 Å². The first-order valence-electron chi connectivity index (χ1n) is 7.93. The lowest BCUT2D eigenvalue weighted by molar-refractivity contribution is 0.548. The van der Waals surface area contributed by atoms with Gasteiger partial charge in [-0.05, 0) is 31.4 Å². The van der Waals surface area contributed by atoms with Gasteiger partial charge in [-0.3, -0.25) is 0 Å². The van der Waals surface area contributed by atoms with E-state index < -0.39 is 0 Å². The van der Waals surface area contributed by atoms with Crippen molar-refractivity contribution < 1.29 is 4.42 Å². The van der Waals surface area contributed by atoms with E-state index in [9.17, 15) is 0 Å². The summed E-state index contributed by atoms with van der Waals surface area (Å²) in [6, 6.07) is 9.92. The highest BCUT2D eigenvalue weighted by Crippen LogP contribution is 2.25. The first-order chi connectivity index (χ1) is 10.3. The monoisotopic (exact) mass is 284 g/mol. The molecule has 0 amide bonds. The van der Waals surface area contributed by atoms with Gasteiger partial charge in [0.1, 0.15) is 0 Å². The quantitative estimate of drug-likeness (QED) is 0.601. The molecule has 0 N–H and O–H groups in total. The SMILES string of the molecule is CCCC/C=C(\CCCC)c1nnc(-c2ccccc2)o1. The largest absolute Gasteiger partial charge is 0.416 e. The van der Waals surface area contributed by atoms with Crippen molar-refractivity contribution in [3.63, 3.8) is 0 Å². The lowest BCUT2D eigenvalue weighted by atomic mass is 10.1. The lowest BCUT2D eigenvalue weighted by Gasteiger charge is -2.02. The molecule has 0 bridgehead atoms. The van der Waals surface area contributed by atoms with Crippen molar-refractivity contribution in [2.45, 2.75) is 52.4 Å². The number of rotatable bonds is 8. The molecule has 2 rings (SSSR count). The molecule has 3 nitrogen and oxygen atoms in total. The summed E-state index contributed by atoms with van der Waals surface area (Å²) in [5.74, 6) is 1.28. The standard InChI is InChI=1S/C18H24N2O/c1-3-5-8-12-15(11-6-4-2)17-19-20-18(21-17)16-13-9-7-10-14-16/h7,9-10,12-14H,3-6,8,11H2,1-2H3/b15-12+. The maximum atomic E-state index is 5.87. The molecule has 0 spiro atoms. The van der Waals surface area contributed by atoms with E-state index in [1.165, 1.54) is 24.8 Å². The van der Waals surface area contributed by atoms with Gasteiger partial charge in [0.05, 0.1) is 0 Å². The fourth-order valence-corrected chi connectivity index (χ4v) is 2.19. The minimum atomic E-state index is 0.600. The van der Waals surface area contributed by atoms with E-state index in [2.05, 4.69) is 30.1 Å². The zero-order chi connectivity index (χ0) is 14.9. The number of hydrogen-bond acceptors (Lipinski definition) is 3. The van der Waals surface area contributed by atoms with Gasteiger partial charge >= 0.3 is 0 Å². The van der Waals surface area contributed by atoms with Gasteiger partial charge in [-0.2, -0.15) is 0 Å². The normalized spacial score (nSPS) is 11.8. The molecule has 0 radical (unpaired) electrons. The molecule has 0 unspecified atom stereocenters. The molecule has 112 valence electrons. The van der Waals surface area contributed by atoms with E-state index in [1.54, 1.807) is 0 Å². The molecule has 1 aromatic carbocycles. The Morgan fingerprint density at radius 2 is 1.81 bits per heavy atom. The van der Waals surface area contributed by atoms with Crippen LogP contribution in [0, 0.1) is 0 Å². The summed E-state index contributed by atoms with van der Waals surface area (Å²) >= 11 is 0. The van der Waals surface area contributed by atoms with E-state index in [0.717, 1.165) is 24.8 Å². The van der Waals surface area contributed by atoms with Crippen LogP contribution >= 0.6 is 0 Å². The first kappa shape index (κ1) is 15.5. The van der Waals surface area contributed by atoms with Crippen LogP contribution in [0.3, 0.4) is 0 Å². The highest BCUT2D eigenvalue weighted by Gasteiger charge is 2.12. The summed E-state index contributed by atoms with van der Waals surface area (Å²) in [5, 5.41) is 8.43. The summed E-state index contributed by atoms with van der Waals surface area (Å²) in [5.41, 5.74) is 2.17. The topological polar surface area (TPSA) is 38.9 Å². The van der Waals surface area contributed by atoms with E-state index >= 15 is 0 Å². The molecule has 0 aliphatic heterocycles. The molecule has 0 saturated heterocycles. The summed E-state index contributed by atoms with van der Waals surface area (Å²) in [6.45, 7) is 4.41. The second-order valence-corrected chi connectivity index (χ2v) is 5.25. The molecule has 0 saturated carbocycles. The number of hydrogen-bond donors (Lipinski definition) is 0. The Labute approximate surface area is 127 Å². The van der Waals surface area contributed by atoms with Crippen molar-refractivity contribution in [3.8, 4) is 11.5 Å². The minimum absolute atomic E-state index is 0.600. The van der Waals surface area contributed by atoms with Crippen LogP contribution in [0.2, 0.25) is 0 Å². The van der Waals surface area contributed by atoms with Crippen molar-refractivity contribution >= 4 is 5.57 Å². The number of benzene rings is 1. The second-order valence-electron chi connectivity index (χ2n) is 5.25. The van der Waals surface area contributed by atoms with Gasteiger partial charge in [-0.1, -0.05) is 57.4 Å². The highest BCUT2D eigenvalue weighted by molar-refractivity contribution is 5.60. The molecule has 0 atom stereocenters. The molecule has 1 heterocycles. The van der Waals surface area contributed by atoms with Gasteiger partial charge in [-0.25, -0.2) is 0 Å². The zero-order valence-corrected chi connectivity index (χ0v) is 13.0. The minimum Gasteiger partial charge on any atom is -0.416 e. The third-order valence-electron chi connectivity index (χ3n) is 3.47. The van der Waals surface area contributed by atoms with E-state index in [4.69, 9.17) is 4.42 Å². The van der Waals surface area contributed by atoms with E-state index in [1.807, 2.05) is 30.3 Å². The fourth-order valence-electron chi connectivity index (χ4n) is 2.19. The predicted octanol–water partition coefficient (Wildman–Crippen LogP) is 5.50. The molecule has 1 aromatic heterocycles. The van der Waals surface area contributed by atoms with Gasteiger partial charge in [0.2, 0.25) is 11.8 Å². The Kier molecular flexibility index (Phi) is 6.20. The van der Waals surface area contributed by atoms with E-state index in [-0.39, 0.29) is 0 Å². The molecule has 0 fully saturated rings. The molecule has 0 aliphatic carbocycles. The van der Waals surface area contributed by atoms with Crippen LogP contribution < -0.4 is 0 Å². The molecule has 2 aromatic rings. The maximum Gasteiger partial charge on any atom is 0.248 e. The van der Waals surface area contributed by atoms with Crippen molar-refractivity contribution in [2.24, 2.45) is 0 Å². The average Bonchev–Trinajstić information content (AvgIpc) is 3.01. The predicted molar refractivity (Wildman–Crippen MR) is 86.8 cm³/mol. The number of nitrogens with zero attached hydrogens (tertiary/aromatic N) is 2.